The fourth-order valence-corrected chi connectivity index (χ4v) is 2.13. The SMILES string of the molecule is COCC(CO)NCc1nnc(-c2ccccc2Br)o1. The van der Waals surface area contributed by atoms with Gasteiger partial charge in [-0.25, -0.2) is 0 Å². The second-order valence-corrected chi connectivity index (χ2v) is 5.05. The highest BCUT2D eigenvalue weighted by Gasteiger charge is 2.12. The van der Waals surface area contributed by atoms with E-state index in [1.165, 1.54) is 0 Å². The molecule has 0 aliphatic heterocycles. The van der Waals surface area contributed by atoms with E-state index in [9.17, 15) is 0 Å². The molecular formula is C13H16BrN3O3. The first-order valence-electron chi connectivity index (χ1n) is 6.15. The van der Waals surface area contributed by atoms with E-state index in [0.717, 1.165) is 10.0 Å². The monoisotopic (exact) mass is 341 g/mol. The third-order valence-corrected chi connectivity index (χ3v) is 3.39. The summed E-state index contributed by atoms with van der Waals surface area (Å²) >= 11 is 3.44. The number of ether oxygens (including phenoxy) is 1. The van der Waals surface area contributed by atoms with Crippen molar-refractivity contribution in [2.45, 2.75) is 12.6 Å². The molecule has 0 fully saturated rings. The van der Waals surface area contributed by atoms with Crippen LogP contribution in [0.15, 0.2) is 33.2 Å². The number of rotatable bonds is 7. The Labute approximate surface area is 125 Å². The molecule has 2 rings (SSSR count). The number of aromatic nitrogens is 2. The van der Waals surface area contributed by atoms with Gasteiger partial charge in [0.2, 0.25) is 11.8 Å². The molecule has 0 radical (unpaired) electrons. The van der Waals surface area contributed by atoms with Gasteiger partial charge in [-0.1, -0.05) is 12.1 Å². The first kappa shape index (κ1) is 15.1. The molecule has 1 aromatic heterocycles. The van der Waals surface area contributed by atoms with E-state index < -0.39 is 0 Å². The van der Waals surface area contributed by atoms with E-state index in [2.05, 4.69) is 31.4 Å². The molecule has 0 aliphatic rings. The molecule has 1 atom stereocenters. The van der Waals surface area contributed by atoms with E-state index in [0.29, 0.717) is 24.9 Å². The van der Waals surface area contributed by atoms with Crippen LogP contribution in [0.3, 0.4) is 0 Å². The Morgan fingerprint density at radius 2 is 2.20 bits per heavy atom. The lowest BCUT2D eigenvalue weighted by molar-refractivity contribution is 0.126. The summed E-state index contributed by atoms with van der Waals surface area (Å²) in [4.78, 5) is 0. The smallest absolute Gasteiger partial charge is 0.248 e. The van der Waals surface area contributed by atoms with Gasteiger partial charge in [-0.3, -0.25) is 0 Å². The molecule has 0 bridgehead atoms. The predicted octanol–water partition coefficient (Wildman–Crippen LogP) is 1.60. The van der Waals surface area contributed by atoms with Crippen LogP contribution in [0.1, 0.15) is 5.89 Å². The maximum Gasteiger partial charge on any atom is 0.248 e. The average molecular weight is 342 g/mol. The van der Waals surface area contributed by atoms with Gasteiger partial charge in [0.25, 0.3) is 0 Å². The number of methoxy groups -OCH3 is 1. The highest BCUT2D eigenvalue weighted by Crippen LogP contribution is 2.26. The predicted molar refractivity (Wildman–Crippen MR) is 77.0 cm³/mol. The summed E-state index contributed by atoms with van der Waals surface area (Å²) in [5.74, 6) is 0.923. The molecule has 0 saturated heterocycles. The van der Waals surface area contributed by atoms with Crippen molar-refractivity contribution in [2.75, 3.05) is 20.3 Å². The zero-order valence-corrected chi connectivity index (χ0v) is 12.6. The quantitative estimate of drug-likeness (QED) is 0.796. The number of benzene rings is 1. The minimum absolute atomic E-state index is 0.0148. The summed E-state index contributed by atoms with van der Waals surface area (Å²) in [5, 5.41) is 20.2. The van der Waals surface area contributed by atoms with Crippen molar-refractivity contribution in [3.05, 3.63) is 34.6 Å². The van der Waals surface area contributed by atoms with Gasteiger partial charge in [0.15, 0.2) is 0 Å². The van der Waals surface area contributed by atoms with Crippen molar-refractivity contribution in [2.24, 2.45) is 0 Å². The number of hydrogen-bond donors (Lipinski definition) is 2. The summed E-state index contributed by atoms with van der Waals surface area (Å²) in [7, 11) is 1.59. The van der Waals surface area contributed by atoms with Gasteiger partial charge in [0.1, 0.15) is 0 Å². The normalized spacial score (nSPS) is 12.6. The lowest BCUT2D eigenvalue weighted by Gasteiger charge is -2.13. The largest absolute Gasteiger partial charge is 0.419 e. The Morgan fingerprint density at radius 1 is 1.40 bits per heavy atom. The Hall–Kier alpha value is -1.28. The molecule has 7 heteroatoms. The molecule has 1 unspecified atom stereocenters. The molecule has 0 spiro atoms. The molecule has 6 nitrogen and oxygen atoms in total. The summed E-state index contributed by atoms with van der Waals surface area (Å²) in [6.07, 6.45) is 0. The molecule has 108 valence electrons. The maximum absolute atomic E-state index is 9.14. The first-order valence-corrected chi connectivity index (χ1v) is 6.94. The third kappa shape index (κ3) is 3.86. The van der Waals surface area contributed by atoms with Crippen LogP contribution in [-0.4, -0.2) is 41.7 Å². The minimum Gasteiger partial charge on any atom is -0.419 e. The number of halogens is 1. The molecule has 0 amide bonds. The van der Waals surface area contributed by atoms with Crippen LogP contribution in [0.5, 0.6) is 0 Å². The fourth-order valence-electron chi connectivity index (χ4n) is 1.68. The van der Waals surface area contributed by atoms with Crippen molar-refractivity contribution < 1.29 is 14.3 Å². The van der Waals surface area contributed by atoms with E-state index in [-0.39, 0.29) is 12.6 Å². The molecule has 1 heterocycles. The lowest BCUT2D eigenvalue weighted by atomic mass is 10.2. The van der Waals surface area contributed by atoms with Crippen LogP contribution in [0.4, 0.5) is 0 Å². The van der Waals surface area contributed by atoms with Crippen LogP contribution < -0.4 is 5.32 Å². The van der Waals surface area contributed by atoms with Crippen LogP contribution in [0.2, 0.25) is 0 Å². The number of aliphatic hydroxyl groups excluding tert-OH is 1. The van der Waals surface area contributed by atoms with Gasteiger partial charge >= 0.3 is 0 Å². The van der Waals surface area contributed by atoms with Crippen LogP contribution in [0, 0.1) is 0 Å². The maximum atomic E-state index is 9.14. The number of aliphatic hydroxyl groups is 1. The zero-order chi connectivity index (χ0) is 14.4. The molecule has 0 aliphatic carbocycles. The lowest BCUT2D eigenvalue weighted by Crippen LogP contribution is -2.35. The summed E-state index contributed by atoms with van der Waals surface area (Å²) in [6, 6.07) is 7.48. The van der Waals surface area contributed by atoms with E-state index >= 15 is 0 Å². The second-order valence-electron chi connectivity index (χ2n) is 4.20. The van der Waals surface area contributed by atoms with Gasteiger partial charge in [0, 0.05) is 11.6 Å². The summed E-state index contributed by atoms with van der Waals surface area (Å²) < 4.78 is 11.5. The van der Waals surface area contributed by atoms with Crippen molar-refractivity contribution in [3.8, 4) is 11.5 Å². The van der Waals surface area contributed by atoms with Crippen molar-refractivity contribution in [1.29, 1.82) is 0 Å². The first-order chi connectivity index (χ1) is 9.74. The van der Waals surface area contributed by atoms with Gasteiger partial charge in [-0.2, -0.15) is 0 Å². The molecule has 2 aromatic rings. The Kier molecular flexibility index (Phi) is 5.66. The van der Waals surface area contributed by atoms with Crippen LogP contribution in [0.25, 0.3) is 11.5 Å². The second kappa shape index (κ2) is 7.49. The summed E-state index contributed by atoms with van der Waals surface area (Å²) in [5.41, 5.74) is 0.849. The molecule has 1 aromatic carbocycles. The fraction of sp³-hybridized carbons (Fsp3) is 0.385. The van der Waals surface area contributed by atoms with Crippen LogP contribution >= 0.6 is 15.9 Å². The number of hydrogen-bond acceptors (Lipinski definition) is 6. The highest BCUT2D eigenvalue weighted by molar-refractivity contribution is 9.10. The van der Waals surface area contributed by atoms with Gasteiger partial charge in [0.05, 0.1) is 31.4 Å². The minimum atomic E-state index is -0.154. The van der Waals surface area contributed by atoms with Crippen molar-refractivity contribution >= 4 is 15.9 Å². The number of nitrogens with zero attached hydrogens (tertiary/aromatic N) is 2. The third-order valence-electron chi connectivity index (χ3n) is 2.70. The topological polar surface area (TPSA) is 80.4 Å². The molecular weight excluding hydrogens is 326 g/mol. The Balaban J connectivity index is 2.01. The van der Waals surface area contributed by atoms with Crippen molar-refractivity contribution in [3.63, 3.8) is 0 Å². The standard InChI is InChI=1S/C13H16BrN3O3/c1-19-8-9(7-18)15-6-12-16-17-13(20-12)10-4-2-3-5-11(10)14/h2-5,9,15,18H,6-8H2,1H3. The highest BCUT2D eigenvalue weighted by atomic mass is 79.9. The zero-order valence-electron chi connectivity index (χ0n) is 11.0. The summed E-state index contributed by atoms with van der Waals surface area (Å²) in [6.45, 7) is 0.785. The van der Waals surface area contributed by atoms with E-state index in [4.69, 9.17) is 14.3 Å². The van der Waals surface area contributed by atoms with Gasteiger partial charge in [-0.05, 0) is 28.1 Å². The Morgan fingerprint density at radius 3 is 2.90 bits per heavy atom. The van der Waals surface area contributed by atoms with Gasteiger partial charge < -0.3 is 19.6 Å². The molecule has 0 saturated carbocycles. The number of nitrogens with one attached hydrogen (secondary N) is 1. The van der Waals surface area contributed by atoms with E-state index in [1.807, 2.05) is 24.3 Å². The Bertz CT molecular complexity index is 547. The molecule has 2 N–H and O–H groups in total. The van der Waals surface area contributed by atoms with Crippen LogP contribution in [-0.2, 0) is 11.3 Å². The van der Waals surface area contributed by atoms with Gasteiger partial charge in [-0.15, -0.1) is 10.2 Å². The van der Waals surface area contributed by atoms with E-state index in [1.54, 1.807) is 7.11 Å². The average Bonchev–Trinajstić information content (AvgIpc) is 2.92. The molecule has 20 heavy (non-hydrogen) atoms. The van der Waals surface area contributed by atoms with Crippen molar-refractivity contribution in [1.82, 2.24) is 15.5 Å².